The van der Waals surface area contributed by atoms with Gasteiger partial charge in [-0.15, -0.1) is 0 Å². The number of hydrogen-bond donors (Lipinski definition) is 2. The average Bonchev–Trinajstić information content (AvgIpc) is 2.16. The van der Waals surface area contributed by atoms with Crippen molar-refractivity contribution in [3.05, 3.63) is 35.9 Å². The molecule has 0 amide bonds. The number of hydrogen-bond acceptors (Lipinski definition) is 4. The molecule has 0 aromatic heterocycles. The second-order valence-corrected chi connectivity index (χ2v) is 3.77. The van der Waals surface area contributed by atoms with Crippen LogP contribution in [0.5, 0.6) is 0 Å². The van der Waals surface area contributed by atoms with E-state index in [4.69, 9.17) is 19.3 Å². The van der Waals surface area contributed by atoms with Crippen molar-refractivity contribution < 1.29 is 26.1 Å². The van der Waals surface area contributed by atoms with Crippen LogP contribution in [-0.4, -0.2) is 25.5 Å². The zero-order valence-electron chi connectivity index (χ0n) is 8.58. The molecule has 0 radical (unpaired) electrons. The van der Waals surface area contributed by atoms with Crippen LogP contribution >= 0.6 is 0 Å². The van der Waals surface area contributed by atoms with Gasteiger partial charge in [0.05, 0.1) is 0 Å². The molecular weight excluding hydrogens is 256 g/mol. The van der Waals surface area contributed by atoms with Gasteiger partial charge in [-0.3, -0.25) is 4.79 Å². The van der Waals surface area contributed by atoms with Crippen molar-refractivity contribution in [3.63, 3.8) is 0 Å². The van der Waals surface area contributed by atoms with E-state index >= 15 is 0 Å². The zero-order chi connectivity index (χ0) is 13.5. The maximum Gasteiger partial charge on any atom is 0.476 e. The zero-order valence-corrected chi connectivity index (χ0v) is 9.40. The highest BCUT2D eigenvalue weighted by Crippen LogP contribution is 2.01. The van der Waals surface area contributed by atoms with E-state index in [1.165, 1.54) is 0 Å². The van der Waals surface area contributed by atoms with Gasteiger partial charge < -0.3 is 10.8 Å². The van der Waals surface area contributed by atoms with Gasteiger partial charge in [-0.2, -0.15) is 8.42 Å². The number of carboxylic acid groups (broad SMARTS) is 1. The number of halogens is 2. The molecule has 1 aromatic rings. The highest BCUT2D eigenvalue weighted by molar-refractivity contribution is 7.81. The van der Waals surface area contributed by atoms with Crippen LogP contribution in [-0.2, 0) is 21.8 Å². The second-order valence-electron chi connectivity index (χ2n) is 3.01. The summed E-state index contributed by atoms with van der Waals surface area (Å²) in [6, 6.07) is 8.54. The summed E-state index contributed by atoms with van der Waals surface area (Å²) in [5.41, 5.74) is 6.30. The quantitative estimate of drug-likeness (QED) is 0.790. The Labute approximate surface area is 97.4 Å². The molecule has 0 fully saturated rings. The molecule has 5 nitrogen and oxygen atoms in total. The monoisotopic (exact) mass is 267 g/mol. The lowest BCUT2D eigenvalue weighted by atomic mass is 10.1. The predicted molar refractivity (Wildman–Crippen MR) is 56.9 cm³/mol. The summed E-state index contributed by atoms with van der Waals surface area (Å²) >= 11 is 0. The third kappa shape index (κ3) is 10.7. The number of rotatable bonds is 3. The SMILES string of the molecule is NC(Cc1ccccc1)C(=O)O.O=S(=O)(F)F. The fourth-order valence-corrected chi connectivity index (χ4v) is 0.955. The average molecular weight is 267 g/mol. The van der Waals surface area contributed by atoms with Crippen molar-refractivity contribution >= 4 is 16.6 Å². The maximum atomic E-state index is 10.4. The van der Waals surface area contributed by atoms with Crippen LogP contribution in [0.1, 0.15) is 5.56 Å². The van der Waals surface area contributed by atoms with Gasteiger partial charge in [-0.05, 0) is 12.0 Å². The molecule has 0 saturated carbocycles. The fourth-order valence-electron chi connectivity index (χ4n) is 0.955. The van der Waals surface area contributed by atoms with Crippen LogP contribution in [0, 0.1) is 0 Å². The Balaban J connectivity index is 0.000000437. The van der Waals surface area contributed by atoms with Crippen molar-refractivity contribution in [2.24, 2.45) is 5.73 Å². The molecule has 17 heavy (non-hydrogen) atoms. The Bertz CT molecular complexity index is 441. The van der Waals surface area contributed by atoms with E-state index in [2.05, 4.69) is 0 Å². The Morgan fingerprint density at radius 2 is 1.71 bits per heavy atom. The number of aliphatic carboxylic acids is 1. The van der Waals surface area contributed by atoms with Gasteiger partial charge in [0.15, 0.2) is 0 Å². The topological polar surface area (TPSA) is 97.5 Å². The molecule has 0 spiro atoms. The number of nitrogens with two attached hydrogens (primary N) is 1. The number of carboxylic acids is 1. The second kappa shape index (κ2) is 6.92. The lowest BCUT2D eigenvalue weighted by Crippen LogP contribution is -2.32. The highest BCUT2D eigenvalue weighted by Gasteiger charge is 2.10. The minimum absolute atomic E-state index is 0.385. The Morgan fingerprint density at radius 1 is 1.29 bits per heavy atom. The molecule has 0 bridgehead atoms. The minimum Gasteiger partial charge on any atom is -0.480 e. The highest BCUT2D eigenvalue weighted by atomic mass is 32.3. The van der Waals surface area contributed by atoms with E-state index in [9.17, 15) is 12.6 Å². The summed E-state index contributed by atoms with van der Waals surface area (Å²) in [5, 5.41) is 8.52. The molecule has 1 unspecified atom stereocenters. The van der Waals surface area contributed by atoms with E-state index in [-0.39, 0.29) is 0 Å². The molecule has 1 aromatic carbocycles. The molecule has 0 aliphatic heterocycles. The fraction of sp³-hybridized carbons (Fsp3) is 0.222. The van der Waals surface area contributed by atoms with Crippen molar-refractivity contribution in [2.45, 2.75) is 12.5 Å². The van der Waals surface area contributed by atoms with E-state index < -0.39 is 22.6 Å². The van der Waals surface area contributed by atoms with Crippen molar-refractivity contribution in [2.75, 3.05) is 0 Å². The van der Waals surface area contributed by atoms with Crippen LogP contribution in [0.3, 0.4) is 0 Å². The molecule has 0 aliphatic rings. The van der Waals surface area contributed by atoms with Gasteiger partial charge >= 0.3 is 16.6 Å². The molecular formula is C9H11F2NO4S. The van der Waals surface area contributed by atoms with E-state index in [0.717, 1.165) is 5.56 Å². The third-order valence-corrected chi connectivity index (χ3v) is 1.62. The maximum absolute atomic E-state index is 10.4. The van der Waals surface area contributed by atoms with E-state index in [0.29, 0.717) is 6.42 Å². The number of benzene rings is 1. The normalized spacial score (nSPS) is 12.2. The van der Waals surface area contributed by atoms with Gasteiger partial charge in [0, 0.05) is 0 Å². The van der Waals surface area contributed by atoms with Gasteiger partial charge in [0.1, 0.15) is 6.04 Å². The predicted octanol–water partition coefficient (Wildman–Crippen LogP) is 0.811. The molecule has 1 atom stereocenters. The third-order valence-electron chi connectivity index (χ3n) is 1.62. The minimum atomic E-state index is -5.67. The summed E-state index contributed by atoms with van der Waals surface area (Å²) in [6.07, 6.45) is 0.385. The first-order valence-corrected chi connectivity index (χ1v) is 5.65. The van der Waals surface area contributed by atoms with Gasteiger partial charge in [-0.1, -0.05) is 38.1 Å². The first-order valence-electron chi connectivity index (χ1n) is 4.36. The molecule has 0 saturated heterocycles. The van der Waals surface area contributed by atoms with E-state index in [1.807, 2.05) is 30.3 Å². The van der Waals surface area contributed by atoms with Gasteiger partial charge in [0.25, 0.3) is 0 Å². The molecule has 1 rings (SSSR count). The lowest BCUT2D eigenvalue weighted by molar-refractivity contribution is -0.138. The standard InChI is InChI=1S/C9H11NO2.F2O2S/c10-8(9(11)12)6-7-4-2-1-3-5-7;1-5(2,3)4/h1-5,8H,6,10H2,(H,11,12);. The van der Waals surface area contributed by atoms with Crippen LogP contribution in [0.25, 0.3) is 0 Å². The van der Waals surface area contributed by atoms with Crippen molar-refractivity contribution in [1.82, 2.24) is 0 Å². The van der Waals surface area contributed by atoms with Crippen LogP contribution in [0.15, 0.2) is 30.3 Å². The Morgan fingerprint density at radius 3 is 2.06 bits per heavy atom. The molecule has 96 valence electrons. The first-order chi connectivity index (χ1) is 7.70. The molecule has 8 heteroatoms. The van der Waals surface area contributed by atoms with Crippen LogP contribution < -0.4 is 5.73 Å². The lowest BCUT2D eigenvalue weighted by Gasteiger charge is -2.04. The Kier molecular flexibility index (Phi) is 6.29. The Hall–Kier alpha value is -1.54. The summed E-state index contributed by atoms with van der Waals surface area (Å²) in [7, 11) is -5.67. The summed E-state index contributed by atoms with van der Waals surface area (Å²) in [6.45, 7) is 0. The van der Waals surface area contributed by atoms with Gasteiger partial charge in [-0.25, -0.2) is 0 Å². The summed E-state index contributed by atoms with van der Waals surface area (Å²) in [4.78, 5) is 10.4. The first kappa shape index (κ1) is 15.5. The summed E-state index contributed by atoms with van der Waals surface area (Å²) in [5.74, 6) is -0.959. The van der Waals surface area contributed by atoms with Crippen molar-refractivity contribution in [1.29, 1.82) is 0 Å². The van der Waals surface area contributed by atoms with E-state index in [1.54, 1.807) is 0 Å². The van der Waals surface area contributed by atoms with Crippen LogP contribution in [0.2, 0.25) is 0 Å². The molecule has 3 N–H and O–H groups in total. The van der Waals surface area contributed by atoms with Crippen molar-refractivity contribution in [3.8, 4) is 0 Å². The summed E-state index contributed by atoms with van der Waals surface area (Å²) < 4.78 is 36.6. The smallest absolute Gasteiger partial charge is 0.476 e. The largest absolute Gasteiger partial charge is 0.480 e. The molecule has 0 aliphatic carbocycles. The number of carbonyl (C=O) groups is 1. The van der Waals surface area contributed by atoms with Crippen LogP contribution in [0.4, 0.5) is 7.77 Å². The van der Waals surface area contributed by atoms with Gasteiger partial charge in [0.2, 0.25) is 0 Å². The molecule has 0 heterocycles.